The lowest BCUT2D eigenvalue weighted by Crippen LogP contribution is -2.46. The second kappa shape index (κ2) is 8.69. The minimum atomic E-state index is -0.749. The molecule has 0 N–H and O–H groups in total. The second-order valence-electron chi connectivity index (χ2n) is 7.04. The van der Waals surface area contributed by atoms with Crippen LogP contribution in [0.1, 0.15) is 40.5 Å². The van der Waals surface area contributed by atoms with E-state index in [0.717, 1.165) is 0 Å². The third kappa shape index (κ3) is 4.76. The van der Waals surface area contributed by atoms with Crippen molar-refractivity contribution in [1.82, 2.24) is 0 Å². The molecule has 0 aromatic heterocycles. The topological polar surface area (TPSA) is 78.9 Å². The minimum Gasteiger partial charge on any atom is -0.465 e. The Morgan fingerprint density at radius 3 is 2.11 bits per heavy atom. The third-order valence-corrected chi connectivity index (χ3v) is 4.87. The average molecular weight is 382 g/mol. The lowest BCUT2D eigenvalue weighted by Gasteiger charge is -2.38. The summed E-state index contributed by atoms with van der Waals surface area (Å²) >= 11 is 0. The molecule has 0 unspecified atom stereocenters. The van der Waals surface area contributed by atoms with Crippen LogP contribution in [0.4, 0.5) is 0 Å². The smallest absolute Gasteiger partial charge is 0.338 e. The molecule has 146 valence electrons. The highest BCUT2D eigenvalue weighted by Gasteiger charge is 2.42. The number of esters is 3. The van der Waals surface area contributed by atoms with Crippen LogP contribution >= 0.6 is 0 Å². The number of cyclic esters (lactones) is 1. The van der Waals surface area contributed by atoms with E-state index in [1.54, 1.807) is 60.7 Å². The van der Waals surface area contributed by atoms with Crippen LogP contribution in [0.2, 0.25) is 0 Å². The van der Waals surface area contributed by atoms with Crippen molar-refractivity contribution in [2.45, 2.75) is 25.9 Å². The van der Waals surface area contributed by atoms with Gasteiger partial charge in [-0.1, -0.05) is 43.3 Å². The Labute approximate surface area is 163 Å². The Bertz CT molecular complexity index is 821. The van der Waals surface area contributed by atoms with Gasteiger partial charge in [-0.25, -0.2) is 9.59 Å². The zero-order valence-electron chi connectivity index (χ0n) is 15.6. The molecular weight excluding hydrogens is 360 g/mol. The Kier molecular flexibility index (Phi) is 6.09. The minimum absolute atomic E-state index is 0.0987. The Morgan fingerprint density at radius 1 is 1.00 bits per heavy atom. The zero-order chi connectivity index (χ0) is 20.0. The molecule has 2 aromatic carbocycles. The summed E-state index contributed by atoms with van der Waals surface area (Å²) in [6, 6.07) is 17.2. The van der Waals surface area contributed by atoms with Crippen molar-refractivity contribution in [1.29, 1.82) is 0 Å². The lowest BCUT2D eigenvalue weighted by molar-refractivity contribution is -0.161. The van der Waals surface area contributed by atoms with Crippen LogP contribution in [-0.4, -0.2) is 37.2 Å². The van der Waals surface area contributed by atoms with Crippen LogP contribution in [0.25, 0.3) is 0 Å². The predicted octanol–water partition coefficient (Wildman–Crippen LogP) is 3.41. The first-order valence-electron chi connectivity index (χ1n) is 9.12. The van der Waals surface area contributed by atoms with Crippen LogP contribution in [0.3, 0.4) is 0 Å². The van der Waals surface area contributed by atoms with Gasteiger partial charge in [0.05, 0.1) is 11.1 Å². The van der Waals surface area contributed by atoms with Gasteiger partial charge in [-0.05, 0) is 30.7 Å². The summed E-state index contributed by atoms with van der Waals surface area (Å²) in [6.45, 7) is 1.83. The van der Waals surface area contributed by atoms with Crippen molar-refractivity contribution < 1.29 is 28.6 Å². The summed E-state index contributed by atoms with van der Waals surface area (Å²) in [5, 5.41) is 0. The molecule has 3 rings (SSSR count). The van der Waals surface area contributed by atoms with E-state index in [-0.39, 0.29) is 25.6 Å². The van der Waals surface area contributed by atoms with E-state index in [2.05, 4.69) is 0 Å². The van der Waals surface area contributed by atoms with Gasteiger partial charge in [-0.3, -0.25) is 4.79 Å². The van der Waals surface area contributed by atoms with Gasteiger partial charge in [0, 0.05) is 11.8 Å². The number of benzene rings is 2. The summed E-state index contributed by atoms with van der Waals surface area (Å²) in [4.78, 5) is 36.3. The van der Waals surface area contributed by atoms with Gasteiger partial charge in [-0.2, -0.15) is 0 Å². The molecule has 0 radical (unpaired) electrons. The van der Waals surface area contributed by atoms with Crippen LogP contribution in [0.15, 0.2) is 60.7 Å². The van der Waals surface area contributed by atoms with E-state index in [9.17, 15) is 14.4 Å². The highest BCUT2D eigenvalue weighted by atomic mass is 16.6. The number of carbonyl (C=O) groups is 3. The SMILES string of the molecule is C[C@@]1([C@@H](COC(=O)c2ccccc2)OC(=O)c2ccccc2)CCC(=O)OC1. The summed E-state index contributed by atoms with van der Waals surface area (Å²) in [5.41, 5.74) is 0.170. The van der Waals surface area contributed by atoms with Gasteiger partial charge in [0.25, 0.3) is 0 Å². The van der Waals surface area contributed by atoms with Gasteiger partial charge in [-0.15, -0.1) is 0 Å². The van der Waals surface area contributed by atoms with Crippen LogP contribution < -0.4 is 0 Å². The molecule has 0 spiro atoms. The maximum atomic E-state index is 12.5. The number of ether oxygens (including phenoxy) is 3. The molecule has 28 heavy (non-hydrogen) atoms. The van der Waals surface area contributed by atoms with E-state index < -0.39 is 23.5 Å². The van der Waals surface area contributed by atoms with Crippen molar-refractivity contribution in [3.05, 3.63) is 71.8 Å². The fraction of sp³-hybridized carbons (Fsp3) is 0.318. The molecule has 6 heteroatoms. The largest absolute Gasteiger partial charge is 0.465 e. The molecule has 1 heterocycles. The number of carbonyl (C=O) groups excluding carboxylic acids is 3. The molecule has 2 aromatic rings. The molecular formula is C22H22O6. The van der Waals surface area contributed by atoms with Crippen molar-refractivity contribution in [3.63, 3.8) is 0 Å². The number of hydrogen-bond acceptors (Lipinski definition) is 6. The summed E-state index contributed by atoms with van der Waals surface area (Å²) in [7, 11) is 0. The van der Waals surface area contributed by atoms with E-state index in [0.29, 0.717) is 17.5 Å². The molecule has 0 aliphatic carbocycles. The van der Waals surface area contributed by atoms with Crippen molar-refractivity contribution in [3.8, 4) is 0 Å². The highest BCUT2D eigenvalue weighted by Crippen LogP contribution is 2.35. The van der Waals surface area contributed by atoms with Crippen LogP contribution in [-0.2, 0) is 19.0 Å². The first kappa shape index (κ1) is 19.6. The molecule has 6 nitrogen and oxygen atoms in total. The number of rotatable bonds is 6. The molecule has 1 aliphatic rings. The maximum Gasteiger partial charge on any atom is 0.338 e. The summed E-state index contributed by atoms with van der Waals surface area (Å²) in [6.07, 6.45) is -0.0507. The first-order chi connectivity index (χ1) is 13.5. The molecule has 1 fully saturated rings. The summed E-state index contributed by atoms with van der Waals surface area (Å²) < 4.78 is 16.3. The van der Waals surface area contributed by atoms with Gasteiger partial charge >= 0.3 is 17.9 Å². The Hall–Kier alpha value is -3.15. The van der Waals surface area contributed by atoms with Crippen molar-refractivity contribution in [2.24, 2.45) is 5.41 Å². The molecule has 2 atom stereocenters. The molecule has 0 saturated carbocycles. The highest BCUT2D eigenvalue weighted by molar-refractivity contribution is 5.90. The summed E-state index contributed by atoms with van der Waals surface area (Å²) in [5.74, 6) is -1.30. The second-order valence-corrected chi connectivity index (χ2v) is 7.04. The first-order valence-corrected chi connectivity index (χ1v) is 9.12. The fourth-order valence-electron chi connectivity index (χ4n) is 2.99. The molecule has 0 amide bonds. The number of hydrogen-bond donors (Lipinski definition) is 0. The standard InChI is InChI=1S/C22H22O6/c1-22(13-12-19(23)27-15-22)18(28-21(25)17-10-6-3-7-11-17)14-26-20(24)16-8-4-2-5-9-16/h2-11,18H,12-15H2,1H3/t18-,22-/m1/s1. The zero-order valence-corrected chi connectivity index (χ0v) is 15.6. The van der Waals surface area contributed by atoms with Gasteiger partial charge in [0.1, 0.15) is 19.3 Å². The normalized spacial score (nSPS) is 20.0. The van der Waals surface area contributed by atoms with E-state index in [1.807, 2.05) is 6.92 Å². The van der Waals surface area contributed by atoms with Crippen LogP contribution in [0, 0.1) is 5.41 Å². The Morgan fingerprint density at radius 2 is 1.57 bits per heavy atom. The van der Waals surface area contributed by atoms with Gasteiger partial charge in [0.15, 0.2) is 0 Å². The molecule has 1 aliphatic heterocycles. The predicted molar refractivity (Wildman–Crippen MR) is 101 cm³/mol. The van der Waals surface area contributed by atoms with Crippen LogP contribution in [0.5, 0.6) is 0 Å². The van der Waals surface area contributed by atoms with Gasteiger partial charge in [0.2, 0.25) is 0 Å². The maximum absolute atomic E-state index is 12.5. The van der Waals surface area contributed by atoms with E-state index in [1.165, 1.54) is 0 Å². The van der Waals surface area contributed by atoms with E-state index >= 15 is 0 Å². The molecule has 1 saturated heterocycles. The average Bonchev–Trinajstić information content (AvgIpc) is 2.74. The third-order valence-electron chi connectivity index (χ3n) is 4.87. The van der Waals surface area contributed by atoms with Gasteiger partial charge < -0.3 is 14.2 Å². The quantitative estimate of drug-likeness (QED) is 0.563. The van der Waals surface area contributed by atoms with Crippen molar-refractivity contribution >= 4 is 17.9 Å². The monoisotopic (exact) mass is 382 g/mol. The van der Waals surface area contributed by atoms with Crippen molar-refractivity contribution in [2.75, 3.05) is 13.2 Å². The fourth-order valence-corrected chi connectivity index (χ4v) is 2.99. The Balaban J connectivity index is 1.73. The van der Waals surface area contributed by atoms with E-state index in [4.69, 9.17) is 14.2 Å². The lowest BCUT2D eigenvalue weighted by atomic mass is 9.79. The molecule has 0 bridgehead atoms.